The third-order valence-corrected chi connectivity index (χ3v) is 3.36. The van der Waals surface area contributed by atoms with Crippen LogP contribution in [-0.4, -0.2) is 32.8 Å². The molecule has 3 atom stereocenters. The van der Waals surface area contributed by atoms with Gasteiger partial charge >= 0.3 is 0 Å². The largest absolute Gasteiger partial charge is 0.385 e. The van der Waals surface area contributed by atoms with Gasteiger partial charge in [-0.25, -0.2) is 0 Å². The third-order valence-electron chi connectivity index (χ3n) is 3.36. The molecule has 106 valence electrons. The minimum Gasteiger partial charge on any atom is -0.385 e. The first kappa shape index (κ1) is 14.5. The molecule has 0 bridgehead atoms. The molecule has 20 heavy (non-hydrogen) atoms. The van der Waals surface area contributed by atoms with Gasteiger partial charge in [0.2, 0.25) is 0 Å². The van der Waals surface area contributed by atoms with Crippen molar-refractivity contribution in [2.75, 3.05) is 6.54 Å². The molecule has 2 heterocycles. The van der Waals surface area contributed by atoms with Crippen LogP contribution in [0.1, 0.15) is 17.4 Å². The van der Waals surface area contributed by atoms with Crippen LogP contribution in [0.5, 0.6) is 0 Å². The van der Waals surface area contributed by atoms with E-state index in [0.717, 1.165) is 0 Å². The highest BCUT2D eigenvalue weighted by Crippen LogP contribution is 2.29. The van der Waals surface area contributed by atoms with Gasteiger partial charge in [-0.3, -0.25) is 9.97 Å². The van der Waals surface area contributed by atoms with Crippen molar-refractivity contribution in [1.82, 2.24) is 9.97 Å². The van der Waals surface area contributed by atoms with E-state index in [9.17, 15) is 10.2 Å². The molecule has 0 saturated heterocycles. The predicted octanol–water partition coefficient (Wildman–Crippen LogP) is -0.316. The van der Waals surface area contributed by atoms with Crippen LogP contribution in [0.2, 0.25) is 0 Å². The molecular weight excluding hydrogens is 256 g/mol. The molecular formula is C14H18N4O2. The number of nitrogens with two attached hydrogens (primary N) is 2. The first-order valence-corrected chi connectivity index (χ1v) is 6.27. The topological polar surface area (TPSA) is 118 Å². The molecule has 0 spiro atoms. The number of hydrogen-bond acceptors (Lipinski definition) is 6. The van der Waals surface area contributed by atoms with E-state index >= 15 is 0 Å². The number of aromatic nitrogens is 2. The van der Waals surface area contributed by atoms with E-state index in [0.29, 0.717) is 11.3 Å². The van der Waals surface area contributed by atoms with Crippen LogP contribution in [0.4, 0.5) is 0 Å². The molecule has 3 unspecified atom stereocenters. The van der Waals surface area contributed by atoms with Crippen molar-refractivity contribution in [1.29, 1.82) is 0 Å². The zero-order chi connectivity index (χ0) is 14.6. The second kappa shape index (κ2) is 6.06. The maximum absolute atomic E-state index is 10.7. The Balaban J connectivity index is 2.32. The number of rotatable bonds is 5. The van der Waals surface area contributed by atoms with E-state index in [2.05, 4.69) is 9.97 Å². The van der Waals surface area contributed by atoms with Gasteiger partial charge in [-0.1, -0.05) is 12.1 Å². The molecule has 0 amide bonds. The first-order valence-electron chi connectivity index (χ1n) is 6.27. The number of nitrogens with zero attached hydrogens (tertiary/aromatic N) is 2. The zero-order valence-electron chi connectivity index (χ0n) is 10.9. The molecule has 0 aromatic carbocycles. The minimum atomic E-state index is -1.58. The van der Waals surface area contributed by atoms with Gasteiger partial charge in [0.15, 0.2) is 0 Å². The highest BCUT2D eigenvalue weighted by atomic mass is 16.3. The van der Waals surface area contributed by atoms with Gasteiger partial charge in [-0.15, -0.1) is 0 Å². The van der Waals surface area contributed by atoms with Crippen molar-refractivity contribution >= 4 is 0 Å². The lowest BCUT2D eigenvalue weighted by Crippen LogP contribution is -2.53. The molecule has 0 radical (unpaired) electrons. The summed E-state index contributed by atoms with van der Waals surface area (Å²) in [6, 6.07) is 7.44. The fourth-order valence-corrected chi connectivity index (χ4v) is 2.06. The normalized spacial score (nSPS) is 17.2. The number of aliphatic hydroxyl groups is 2. The van der Waals surface area contributed by atoms with E-state index in [-0.39, 0.29) is 6.54 Å². The Morgan fingerprint density at radius 1 is 1.20 bits per heavy atom. The van der Waals surface area contributed by atoms with Gasteiger partial charge in [0, 0.05) is 30.7 Å². The number of aliphatic hydroxyl groups excluding tert-OH is 1. The Morgan fingerprint density at radius 3 is 2.55 bits per heavy atom. The van der Waals surface area contributed by atoms with E-state index in [1.54, 1.807) is 42.7 Å². The SMILES string of the molecule is NCC(O)(c1cccnc1)C(N)C(O)c1ccccn1. The summed E-state index contributed by atoms with van der Waals surface area (Å²) in [4.78, 5) is 7.99. The lowest BCUT2D eigenvalue weighted by atomic mass is 9.83. The first-order chi connectivity index (χ1) is 9.59. The Morgan fingerprint density at radius 2 is 2.00 bits per heavy atom. The highest BCUT2D eigenvalue weighted by Gasteiger charge is 2.40. The van der Waals surface area contributed by atoms with Crippen molar-refractivity contribution in [3.8, 4) is 0 Å². The van der Waals surface area contributed by atoms with Crippen molar-refractivity contribution < 1.29 is 10.2 Å². The van der Waals surface area contributed by atoms with Gasteiger partial charge in [0.25, 0.3) is 0 Å². The lowest BCUT2D eigenvalue weighted by molar-refractivity contribution is -0.0327. The molecule has 0 saturated carbocycles. The zero-order valence-corrected chi connectivity index (χ0v) is 10.9. The van der Waals surface area contributed by atoms with Crippen LogP contribution in [0.15, 0.2) is 48.9 Å². The highest BCUT2D eigenvalue weighted by molar-refractivity contribution is 5.24. The maximum atomic E-state index is 10.7. The average Bonchev–Trinajstić information content (AvgIpc) is 2.54. The van der Waals surface area contributed by atoms with Gasteiger partial charge in [0.05, 0.1) is 11.7 Å². The molecule has 0 aliphatic carbocycles. The summed E-state index contributed by atoms with van der Waals surface area (Å²) in [7, 11) is 0. The van der Waals surface area contributed by atoms with E-state index < -0.39 is 17.7 Å². The Labute approximate surface area is 117 Å². The summed E-state index contributed by atoms with van der Waals surface area (Å²) in [5.74, 6) is 0. The third kappa shape index (κ3) is 2.68. The fraction of sp³-hybridized carbons (Fsp3) is 0.286. The van der Waals surface area contributed by atoms with Crippen molar-refractivity contribution in [2.45, 2.75) is 17.7 Å². The summed E-state index contributed by atoms with van der Waals surface area (Å²) in [6.07, 6.45) is 3.49. The molecule has 0 aliphatic rings. The van der Waals surface area contributed by atoms with Gasteiger partial charge < -0.3 is 21.7 Å². The number of hydrogen-bond donors (Lipinski definition) is 4. The fourth-order valence-electron chi connectivity index (χ4n) is 2.06. The van der Waals surface area contributed by atoms with Crippen LogP contribution < -0.4 is 11.5 Å². The van der Waals surface area contributed by atoms with Gasteiger partial charge in [0.1, 0.15) is 11.7 Å². The molecule has 2 rings (SSSR count). The average molecular weight is 274 g/mol. The quantitative estimate of drug-likeness (QED) is 0.593. The van der Waals surface area contributed by atoms with Gasteiger partial charge in [-0.05, 0) is 18.2 Å². The van der Waals surface area contributed by atoms with Crippen LogP contribution in [-0.2, 0) is 5.60 Å². The van der Waals surface area contributed by atoms with E-state index in [1.165, 1.54) is 6.20 Å². The van der Waals surface area contributed by atoms with Crippen molar-refractivity contribution in [3.05, 3.63) is 60.2 Å². The van der Waals surface area contributed by atoms with E-state index in [4.69, 9.17) is 11.5 Å². The molecule has 2 aromatic heterocycles. The second-order valence-electron chi connectivity index (χ2n) is 4.60. The Hall–Kier alpha value is -1.86. The summed E-state index contributed by atoms with van der Waals surface area (Å²) in [5.41, 5.74) is 11.0. The Kier molecular flexibility index (Phi) is 4.41. The number of pyridine rings is 2. The van der Waals surface area contributed by atoms with Crippen LogP contribution in [0.3, 0.4) is 0 Å². The molecule has 6 nitrogen and oxygen atoms in total. The van der Waals surface area contributed by atoms with Gasteiger partial charge in [-0.2, -0.15) is 0 Å². The summed E-state index contributed by atoms with van der Waals surface area (Å²) < 4.78 is 0. The monoisotopic (exact) mass is 274 g/mol. The standard InChI is InChI=1S/C14H18N4O2/c15-9-14(20,10-4-3-6-17-8-10)13(16)12(19)11-5-1-2-7-18-11/h1-8,12-13,19-20H,9,15-16H2. The van der Waals surface area contributed by atoms with Crippen LogP contribution in [0, 0.1) is 0 Å². The second-order valence-corrected chi connectivity index (χ2v) is 4.60. The summed E-state index contributed by atoms with van der Waals surface area (Å²) >= 11 is 0. The summed E-state index contributed by atoms with van der Waals surface area (Å²) in [5, 5.41) is 21.0. The lowest BCUT2D eigenvalue weighted by Gasteiger charge is -2.35. The molecule has 0 fully saturated rings. The smallest absolute Gasteiger partial charge is 0.121 e. The molecule has 2 aromatic rings. The Bertz CT molecular complexity index is 537. The molecule has 6 heteroatoms. The van der Waals surface area contributed by atoms with Crippen LogP contribution >= 0.6 is 0 Å². The predicted molar refractivity (Wildman–Crippen MR) is 74.4 cm³/mol. The van der Waals surface area contributed by atoms with E-state index in [1.807, 2.05) is 0 Å². The molecule has 0 aliphatic heterocycles. The maximum Gasteiger partial charge on any atom is 0.121 e. The van der Waals surface area contributed by atoms with Crippen molar-refractivity contribution in [3.63, 3.8) is 0 Å². The molecule has 6 N–H and O–H groups in total. The van der Waals surface area contributed by atoms with Crippen LogP contribution in [0.25, 0.3) is 0 Å². The summed E-state index contributed by atoms with van der Waals surface area (Å²) in [6.45, 7) is -0.135. The van der Waals surface area contributed by atoms with Crippen molar-refractivity contribution in [2.24, 2.45) is 11.5 Å². The minimum absolute atomic E-state index is 0.135.